The summed E-state index contributed by atoms with van der Waals surface area (Å²) in [4.78, 5) is 0. The smallest absolute Gasteiger partial charge is 0.102 e. The van der Waals surface area contributed by atoms with Gasteiger partial charge in [0.25, 0.3) is 0 Å². The van der Waals surface area contributed by atoms with E-state index in [4.69, 9.17) is 4.74 Å². The Balaban J connectivity index is 4.28. The molecule has 102 valence electrons. The van der Waals surface area contributed by atoms with Gasteiger partial charge in [0, 0.05) is 0 Å². The molecular weight excluding hydrogens is 207 g/mol. The highest BCUT2D eigenvalue weighted by Crippen LogP contribution is 2.34. The molecule has 0 aliphatic carbocycles. The molecule has 0 N–H and O–H groups in total. The lowest BCUT2D eigenvalue weighted by Crippen LogP contribution is -2.30. The molecule has 17 heavy (non-hydrogen) atoms. The Hall–Kier alpha value is 0.0249. The first kappa shape index (κ1) is 17.0. The van der Waals surface area contributed by atoms with Gasteiger partial charge >= 0.3 is 0 Å². The van der Waals surface area contributed by atoms with Crippen molar-refractivity contribution in [3.63, 3.8) is 0 Å². The molecule has 0 aromatic carbocycles. The van der Waals surface area contributed by atoms with Crippen molar-refractivity contribution in [3.8, 4) is 0 Å². The van der Waals surface area contributed by atoms with Gasteiger partial charge in [-0.15, -0.1) is 0 Å². The van der Waals surface area contributed by atoms with Crippen molar-refractivity contribution in [2.45, 2.75) is 73.0 Å². The summed E-state index contributed by atoms with van der Waals surface area (Å²) >= 11 is 0. The fourth-order valence-electron chi connectivity index (χ4n) is 2.60. The molecule has 0 spiro atoms. The van der Waals surface area contributed by atoms with Crippen LogP contribution < -0.4 is 0 Å². The minimum atomic E-state index is 0.418. The first-order chi connectivity index (χ1) is 8.07. The highest BCUT2D eigenvalue weighted by Gasteiger charge is 2.28. The van der Waals surface area contributed by atoms with Gasteiger partial charge in [-0.1, -0.05) is 40.9 Å². The highest BCUT2D eigenvalue weighted by atomic mass is 16.5. The largest absolute Gasteiger partial charge is 0.380 e. The summed E-state index contributed by atoms with van der Waals surface area (Å²) in [6, 6.07) is 0. The van der Waals surface area contributed by atoms with Crippen LogP contribution in [0.2, 0.25) is 6.32 Å². The lowest BCUT2D eigenvalue weighted by atomic mass is 9.72. The normalized spacial score (nSPS) is 13.0. The summed E-state index contributed by atoms with van der Waals surface area (Å²) < 4.78 is 6.11. The van der Waals surface area contributed by atoms with E-state index >= 15 is 0 Å². The maximum atomic E-state index is 6.11. The second kappa shape index (κ2) is 8.18. The number of hydrogen-bond donors (Lipinski definition) is 0. The number of hydrogen-bond acceptors (Lipinski definition) is 1. The zero-order chi connectivity index (χ0) is 13.4. The Morgan fingerprint density at radius 2 is 1.06 bits per heavy atom. The second-order valence-corrected chi connectivity index (χ2v) is 5.61. The standard InChI is InChI=1S/C15H33BO/c1-6-14(7-2,8-3)12-17-13-15(9-4,10-5)11-16/h6-13,16H2,1-5H3. The second-order valence-electron chi connectivity index (χ2n) is 5.61. The minimum Gasteiger partial charge on any atom is -0.380 e. The molecular formula is C15H33BO. The molecule has 0 saturated heterocycles. The minimum absolute atomic E-state index is 0.418. The van der Waals surface area contributed by atoms with Crippen LogP contribution in [0.4, 0.5) is 0 Å². The Labute approximate surface area is 110 Å². The first-order valence-corrected chi connectivity index (χ1v) is 7.65. The topological polar surface area (TPSA) is 9.23 Å². The molecule has 0 heterocycles. The van der Waals surface area contributed by atoms with E-state index in [0.29, 0.717) is 10.8 Å². The summed E-state index contributed by atoms with van der Waals surface area (Å²) in [5, 5.41) is 0. The van der Waals surface area contributed by atoms with Crippen LogP contribution in [-0.4, -0.2) is 21.1 Å². The quantitative estimate of drug-likeness (QED) is 0.523. The molecule has 0 bridgehead atoms. The van der Waals surface area contributed by atoms with Gasteiger partial charge in [0.2, 0.25) is 0 Å². The molecule has 0 fully saturated rings. The van der Waals surface area contributed by atoms with Gasteiger partial charge in [-0.3, -0.25) is 0 Å². The van der Waals surface area contributed by atoms with Crippen molar-refractivity contribution in [3.05, 3.63) is 0 Å². The van der Waals surface area contributed by atoms with Crippen LogP contribution >= 0.6 is 0 Å². The van der Waals surface area contributed by atoms with Gasteiger partial charge in [-0.2, -0.15) is 0 Å². The lowest BCUT2D eigenvalue weighted by molar-refractivity contribution is -0.0104. The van der Waals surface area contributed by atoms with Crippen molar-refractivity contribution in [1.29, 1.82) is 0 Å². The zero-order valence-corrected chi connectivity index (χ0v) is 13.1. The molecule has 1 nitrogen and oxygen atoms in total. The van der Waals surface area contributed by atoms with Crippen molar-refractivity contribution < 1.29 is 4.74 Å². The highest BCUT2D eigenvalue weighted by molar-refractivity contribution is 6.09. The van der Waals surface area contributed by atoms with Crippen molar-refractivity contribution in [2.75, 3.05) is 13.2 Å². The Morgan fingerprint density at radius 1 is 0.706 bits per heavy atom. The third-order valence-electron chi connectivity index (χ3n) is 5.32. The SMILES string of the molecule is BCC(CC)(CC)COCC(CC)(CC)CC. The fourth-order valence-corrected chi connectivity index (χ4v) is 2.60. The molecule has 0 aliphatic heterocycles. The van der Waals surface area contributed by atoms with Crippen LogP contribution in [0.5, 0.6) is 0 Å². The first-order valence-electron chi connectivity index (χ1n) is 7.65. The van der Waals surface area contributed by atoms with E-state index in [-0.39, 0.29) is 0 Å². The summed E-state index contributed by atoms with van der Waals surface area (Å²) in [7, 11) is 2.29. The Morgan fingerprint density at radius 3 is 1.35 bits per heavy atom. The fraction of sp³-hybridized carbons (Fsp3) is 1.00. The maximum absolute atomic E-state index is 6.11. The van der Waals surface area contributed by atoms with Crippen LogP contribution in [0.3, 0.4) is 0 Å². The van der Waals surface area contributed by atoms with E-state index < -0.39 is 0 Å². The predicted octanol–water partition coefficient (Wildman–Crippen LogP) is 4.08. The van der Waals surface area contributed by atoms with E-state index in [2.05, 4.69) is 42.5 Å². The van der Waals surface area contributed by atoms with Gasteiger partial charge in [-0.25, -0.2) is 0 Å². The third kappa shape index (κ3) is 4.65. The molecule has 0 aromatic heterocycles. The molecule has 0 atom stereocenters. The van der Waals surface area contributed by atoms with Gasteiger partial charge in [0.15, 0.2) is 0 Å². The van der Waals surface area contributed by atoms with E-state index in [1.165, 1.54) is 38.4 Å². The van der Waals surface area contributed by atoms with E-state index in [9.17, 15) is 0 Å². The molecule has 0 unspecified atom stereocenters. The van der Waals surface area contributed by atoms with Crippen molar-refractivity contribution in [2.24, 2.45) is 10.8 Å². The molecule has 0 amide bonds. The summed E-state index contributed by atoms with van der Waals surface area (Å²) in [6.45, 7) is 13.4. The zero-order valence-electron chi connectivity index (χ0n) is 13.1. The lowest BCUT2D eigenvalue weighted by Gasteiger charge is -2.35. The number of ether oxygens (including phenoxy) is 1. The monoisotopic (exact) mass is 240 g/mol. The molecule has 0 aromatic rings. The number of rotatable bonds is 10. The third-order valence-corrected chi connectivity index (χ3v) is 5.32. The average molecular weight is 240 g/mol. The molecule has 0 rings (SSSR count). The van der Waals surface area contributed by atoms with Crippen LogP contribution in [0.25, 0.3) is 0 Å². The van der Waals surface area contributed by atoms with Crippen molar-refractivity contribution >= 4 is 7.85 Å². The molecule has 0 radical (unpaired) electrons. The van der Waals surface area contributed by atoms with E-state index in [0.717, 1.165) is 13.2 Å². The van der Waals surface area contributed by atoms with E-state index in [1.807, 2.05) is 0 Å². The van der Waals surface area contributed by atoms with Crippen LogP contribution in [0.1, 0.15) is 66.7 Å². The molecule has 0 saturated carbocycles. The average Bonchev–Trinajstić information content (AvgIpc) is 2.41. The van der Waals surface area contributed by atoms with Crippen LogP contribution in [-0.2, 0) is 4.74 Å². The van der Waals surface area contributed by atoms with Gasteiger partial charge in [0.05, 0.1) is 13.2 Å². The predicted molar refractivity (Wildman–Crippen MR) is 80.5 cm³/mol. The van der Waals surface area contributed by atoms with E-state index in [1.54, 1.807) is 0 Å². The molecule has 0 aliphatic rings. The van der Waals surface area contributed by atoms with Crippen LogP contribution in [0.15, 0.2) is 0 Å². The summed E-state index contributed by atoms with van der Waals surface area (Å²) in [6.07, 6.45) is 7.40. The Bertz CT molecular complexity index is 147. The maximum Gasteiger partial charge on any atom is 0.102 e. The van der Waals surface area contributed by atoms with Crippen LogP contribution in [0, 0.1) is 10.8 Å². The van der Waals surface area contributed by atoms with Crippen molar-refractivity contribution in [1.82, 2.24) is 0 Å². The van der Waals surface area contributed by atoms with Gasteiger partial charge in [0.1, 0.15) is 7.85 Å². The Kier molecular flexibility index (Phi) is 8.20. The molecule has 2 heteroatoms. The summed E-state index contributed by atoms with van der Waals surface area (Å²) in [5.74, 6) is 0. The van der Waals surface area contributed by atoms with Gasteiger partial charge < -0.3 is 4.74 Å². The summed E-state index contributed by atoms with van der Waals surface area (Å²) in [5.41, 5.74) is 0.835. The van der Waals surface area contributed by atoms with Gasteiger partial charge in [-0.05, 0) is 42.9 Å².